The third kappa shape index (κ3) is 4.39. The average Bonchev–Trinajstić information content (AvgIpc) is 2.88. The van der Waals surface area contributed by atoms with E-state index in [4.69, 9.17) is 9.72 Å². The lowest BCUT2D eigenvalue weighted by atomic mass is 10.2. The number of methoxy groups -OCH3 is 1. The number of aromatic nitrogens is 1. The van der Waals surface area contributed by atoms with Crippen molar-refractivity contribution in [2.45, 2.75) is 40.0 Å². The van der Waals surface area contributed by atoms with Gasteiger partial charge < -0.3 is 15.0 Å². The number of thiazole rings is 1. The van der Waals surface area contributed by atoms with Gasteiger partial charge in [-0.25, -0.2) is 4.98 Å². The molecule has 0 spiro atoms. The molecule has 5 nitrogen and oxygen atoms in total. The number of anilines is 1. The molecule has 2 heterocycles. The second kappa shape index (κ2) is 8.08. The van der Waals surface area contributed by atoms with Crippen LogP contribution >= 0.6 is 11.3 Å². The molecule has 1 saturated heterocycles. The van der Waals surface area contributed by atoms with Crippen molar-refractivity contribution in [3.05, 3.63) is 10.6 Å². The van der Waals surface area contributed by atoms with Crippen LogP contribution < -0.4 is 10.2 Å². The summed E-state index contributed by atoms with van der Waals surface area (Å²) in [5.74, 6) is 0. The van der Waals surface area contributed by atoms with Crippen LogP contribution in [0.3, 0.4) is 0 Å². The zero-order valence-corrected chi connectivity index (χ0v) is 14.5. The van der Waals surface area contributed by atoms with E-state index in [9.17, 15) is 0 Å². The number of hydrogen-bond acceptors (Lipinski definition) is 6. The molecule has 1 aromatic rings. The van der Waals surface area contributed by atoms with Crippen LogP contribution in [0.25, 0.3) is 0 Å². The minimum absolute atomic E-state index is 0.600. The smallest absolute Gasteiger partial charge is 0.186 e. The molecule has 0 atom stereocenters. The molecule has 0 saturated carbocycles. The summed E-state index contributed by atoms with van der Waals surface area (Å²) in [6.07, 6.45) is 0. The molecule has 1 aromatic heterocycles. The number of nitrogens with one attached hydrogen (secondary N) is 1. The second-order valence-corrected chi connectivity index (χ2v) is 6.76. The molecule has 0 unspecified atom stereocenters. The fourth-order valence-electron chi connectivity index (χ4n) is 2.56. The Bertz CT molecular complexity index is 427. The van der Waals surface area contributed by atoms with Gasteiger partial charge in [0.25, 0.3) is 0 Å². The maximum absolute atomic E-state index is 5.29. The summed E-state index contributed by atoms with van der Waals surface area (Å²) in [7, 11) is 1.73. The van der Waals surface area contributed by atoms with Gasteiger partial charge in [-0.05, 0) is 20.4 Å². The minimum Gasteiger partial charge on any atom is -0.378 e. The molecule has 0 aromatic carbocycles. The number of rotatable bonds is 7. The van der Waals surface area contributed by atoms with E-state index in [0.29, 0.717) is 12.6 Å². The Morgan fingerprint density at radius 2 is 2.00 bits per heavy atom. The lowest BCUT2D eigenvalue weighted by Gasteiger charge is -2.36. The normalized spacial score (nSPS) is 16.9. The highest BCUT2D eigenvalue weighted by atomic mass is 32.1. The minimum atomic E-state index is 0.600. The van der Waals surface area contributed by atoms with Crippen LogP contribution in [0.1, 0.15) is 31.3 Å². The summed E-state index contributed by atoms with van der Waals surface area (Å²) in [4.78, 5) is 11.1. The first-order valence-electron chi connectivity index (χ1n) is 7.83. The summed E-state index contributed by atoms with van der Waals surface area (Å²) < 4.78 is 5.29. The quantitative estimate of drug-likeness (QED) is 0.833. The van der Waals surface area contributed by atoms with E-state index in [-0.39, 0.29) is 0 Å². The summed E-state index contributed by atoms with van der Waals surface area (Å²) in [5.41, 5.74) is 1.09. The van der Waals surface area contributed by atoms with Gasteiger partial charge in [0.1, 0.15) is 0 Å². The zero-order valence-electron chi connectivity index (χ0n) is 13.7. The largest absolute Gasteiger partial charge is 0.378 e. The number of piperazine rings is 1. The fourth-order valence-corrected chi connectivity index (χ4v) is 3.65. The van der Waals surface area contributed by atoms with E-state index < -0.39 is 0 Å². The van der Waals surface area contributed by atoms with Crippen LogP contribution in [0.5, 0.6) is 0 Å². The molecule has 2 rings (SSSR count). The van der Waals surface area contributed by atoms with Gasteiger partial charge in [0.2, 0.25) is 0 Å². The SMILES string of the molecule is CCNCc1sc(N2CCN(C(C)C)CC2)nc1COC. The topological polar surface area (TPSA) is 40.6 Å². The van der Waals surface area contributed by atoms with Gasteiger partial charge in [-0.15, -0.1) is 11.3 Å². The molecule has 120 valence electrons. The molecule has 1 aliphatic rings. The molecule has 0 bridgehead atoms. The van der Waals surface area contributed by atoms with E-state index >= 15 is 0 Å². The van der Waals surface area contributed by atoms with E-state index in [1.807, 2.05) is 11.3 Å². The third-order valence-corrected chi connectivity index (χ3v) is 5.06. The van der Waals surface area contributed by atoms with Crippen LogP contribution in [-0.4, -0.2) is 55.8 Å². The third-order valence-electron chi connectivity index (χ3n) is 3.90. The van der Waals surface area contributed by atoms with Crippen molar-refractivity contribution in [3.8, 4) is 0 Å². The Hall–Kier alpha value is -0.690. The summed E-state index contributed by atoms with van der Waals surface area (Å²) >= 11 is 1.81. The highest BCUT2D eigenvalue weighted by molar-refractivity contribution is 7.15. The first kappa shape index (κ1) is 16.7. The van der Waals surface area contributed by atoms with Gasteiger partial charge in [0.15, 0.2) is 5.13 Å². The zero-order chi connectivity index (χ0) is 15.2. The first-order chi connectivity index (χ1) is 10.2. The van der Waals surface area contributed by atoms with Crippen molar-refractivity contribution in [1.29, 1.82) is 0 Å². The highest BCUT2D eigenvalue weighted by Crippen LogP contribution is 2.28. The highest BCUT2D eigenvalue weighted by Gasteiger charge is 2.22. The fraction of sp³-hybridized carbons (Fsp3) is 0.800. The van der Waals surface area contributed by atoms with Gasteiger partial charge in [0.05, 0.1) is 12.3 Å². The molecule has 0 aliphatic carbocycles. The van der Waals surface area contributed by atoms with Crippen LogP contribution in [0.2, 0.25) is 0 Å². The van der Waals surface area contributed by atoms with Crippen molar-refractivity contribution in [2.24, 2.45) is 0 Å². The van der Waals surface area contributed by atoms with Gasteiger partial charge >= 0.3 is 0 Å². The van der Waals surface area contributed by atoms with E-state index in [1.165, 1.54) is 4.88 Å². The standard InChI is InChI=1S/C15H28N4OS/c1-5-16-10-14-13(11-20-4)17-15(21-14)19-8-6-18(7-9-19)12(2)3/h12,16H,5-11H2,1-4H3. The Morgan fingerprint density at radius 1 is 1.29 bits per heavy atom. The molecular formula is C15H28N4OS. The lowest BCUT2D eigenvalue weighted by Crippen LogP contribution is -2.48. The molecule has 1 fully saturated rings. The number of hydrogen-bond donors (Lipinski definition) is 1. The van der Waals surface area contributed by atoms with Gasteiger partial charge in [-0.1, -0.05) is 6.92 Å². The predicted octanol–water partition coefficient (Wildman–Crippen LogP) is 1.93. The molecule has 0 amide bonds. The van der Waals surface area contributed by atoms with E-state index in [1.54, 1.807) is 7.11 Å². The summed E-state index contributed by atoms with van der Waals surface area (Å²) in [6, 6.07) is 0.636. The van der Waals surface area contributed by atoms with E-state index in [2.05, 4.69) is 35.9 Å². The summed E-state index contributed by atoms with van der Waals surface area (Å²) in [6.45, 7) is 13.5. The average molecular weight is 312 g/mol. The Morgan fingerprint density at radius 3 is 2.57 bits per heavy atom. The van der Waals surface area contributed by atoms with Crippen LogP contribution in [0.15, 0.2) is 0 Å². The molecule has 6 heteroatoms. The Balaban J connectivity index is 2.02. The molecule has 1 N–H and O–H groups in total. The molecular weight excluding hydrogens is 284 g/mol. The maximum Gasteiger partial charge on any atom is 0.186 e. The van der Waals surface area contributed by atoms with Gasteiger partial charge in [0, 0.05) is 50.8 Å². The van der Waals surface area contributed by atoms with Crippen molar-refractivity contribution >= 4 is 16.5 Å². The van der Waals surface area contributed by atoms with Crippen LogP contribution in [0, 0.1) is 0 Å². The summed E-state index contributed by atoms with van der Waals surface area (Å²) in [5, 5.41) is 4.54. The Kier molecular flexibility index (Phi) is 6.41. The second-order valence-electron chi connectivity index (χ2n) is 5.70. The van der Waals surface area contributed by atoms with E-state index in [0.717, 1.165) is 50.1 Å². The monoisotopic (exact) mass is 312 g/mol. The molecule has 0 radical (unpaired) electrons. The van der Waals surface area contributed by atoms with Crippen molar-refractivity contribution in [1.82, 2.24) is 15.2 Å². The van der Waals surface area contributed by atoms with Crippen molar-refractivity contribution in [2.75, 3.05) is 44.7 Å². The lowest BCUT2D eigenvalue weighted by molar-refractivity contribution is 0.181. The van der Waals surface area contributed by atoms with Crippen LogP contribution in [0.4, 0.5) is 5.13 Å². The van der Waals surface area contributed by atoms with Crippen molar-refractivity contribution in [3.63, 3.8) is 0 Å². The predicted molar refractivity (Wildman–Crippen MR) is 89.1 cm³/mol. The first-order valence-corrected chi connectivity index (χ1v) is 8.64. The van der Waals surface area contributed by atoms with Crippen LogP contribution in [-0.2, 0) is 17.9 Å². The maximum atomic E-state index is 5.29. The van der Waals surface area contributed by atoms with Gasteiger partial charge in [-0.2, -0.15) is 0 Å². The van der Waals surface area contributed by atoms with Crippen molar-refractivity contribution < 1.29 is 4.74 Å². The Labute approximate surface area is 132 Å². The number of nitrogens with zero attached hydrogens (tertiary/aromatic N) is 3. The molecule has 1 aliphatic heterocycles. The molecule has 21 heavy (non-hydrogen) atoms. The number of ether oxygens (including phenoxy) is 1. The van der Waals surface area contributed by atoms with Gasteiger partial charge in [-0.3, -0.25) is 4.90 Å².